The highest BCUT2D eigenvalue weighted by Gasteiger charge is 2.13. The van der Waals surface area contributed by atoms with Crippen LogP contribution in [0.3, 0.4) is 0 Å². The number of nitrogens with zero attached hydrogens (tertiary/aromatic N) is 2. The summed E-state index contributed by atoms with van der Waals surface area (Å²) in [6.45, 7) is 4.06. The fourth-order valence-corrected chi connectivity index (χ4v) is 1.72. The molecule has 0 saturated heterocycles. The molecule has 1 heterocycles. The Morgan fingerprint density at radius 3 is 2.56 bits per heavy atom. The molecule has 18 heavy (non-hydrogen) atoms. The summed E-state index contributed by atoms with van der Waals surface area (Å²) in [4.78, 5) is 8.00. The minimum absolute atomic E-state index is 0.447. The number of aryl methyl sites for hydroxylation is 2. The summed E-state index contributed by atoms with van der Waals surface area (Å²) in [7, 11) is 1.54. The van der Waals surface area contributed by atoms with Gasteiger partial charge in [-0.2, -0.15) is 0 Å². The van der Waals surface area contributed by atoms with Crippen molar-refractivity contribution in [3.8, 4) is 5.88 Å². The summed E-state index contributed by atoms with van der Waals surface area (Å²) in [6.07, 6.45) is 0.625. The summed E-state index contributed by atoms with van der Waals surface area (Å²) in [6, 6.07) is 7.50. The smallest absolute Gasteiger partial charge is 0.216 e. The van der Waals surface area contributed by atoms with E-state index >= 15 is 0 Å². The molecule has 1 N–H and O–H groups in total. The van der Waals surface area contributed by atoms with Crippen molar-refractivity contribution in [1.82, 2.24) is 9.97 Å². The maximum Gasteiger partial charge on any atom is 0.216 e. The Morgan fingerprint density at radius 2 is 1.89 bits per heavy atom. The van der Waals surface area contributed by atoms with E-state index in [4.69, 9.17) is 4.74 Å². The first-order chi connectivity index (χ1) is 8.61. The highest BCUT2D eigenvalue weighted by atomic mass is 16.5. The Hall–Kier alpha value is -1.94. The van der Waals surface area contributed by atoms with Gasteiger partial charge in [0.25, 0.3) is 0 Å². The van der Waals surface area contributed by atoms with E-state index in [1.807, 2.05) is 32.0 Å². The number of aromatic nitrogens is 2. The highest BCUT2D eigenvalue weighted by molar-refractivity contribution is 5.34. The van der Waals surface area contributed by atoms with Gasteiger partial charge in [0.15, 0.2) is 0 Å². The van der Waals surface area contributed by atoms with Crippen molar-refractivity contribution in [3.63, 3.8) is 0 Å². The number of methoxy groups -OCH3 is 1. The van der Waals surface area contributed by atoms with Crippen molar-refractivity contribution in [2.24, 2.45) is 0 Å². The maximum absolute atomic E-state index is 10.3. The lowest BCUT2D eigenvalue weighted by molar-refractivity contribution is 0.214. The van der Waals surface area contributed by atoms with Crippen LogP contribution in [0.4, 0.5) is 0 Å². The molecule has 2 rings (SSSR count). The molecule has 0 radical (unpaired) electrons. The molecule has 1 aromatic heterocycles. The van der Waals surface area contributed by atoms with Crippen molar-refractivity contribution < 1.29 is 9.84 Å². The first-order valence-corrected chi connectivity index (χ1v) is 5.73. The first-order valence-electron chi connectivity index (χ1n) is 5.73. The summed E-state index contributed by atoms with van der Waals surface area (Å²) in [5, 5.41) is 10.3. The second-order valence-electron chi connectivity index (χ2n) is 4.23. The Balaban J connectivity index is 2.34. The molecule has 1 unspecified atom stereocenters. The predicted molar refractivity (Wildman–Crippen MR) is 68.6 cm³/mol. The lowest BCUT2D eigenvalue weighted by Gasteiger charge is -2.12. The number of hydrogen-bond acceptors (Lipinski definition) is 4. The Morgan fingerprint density at radius 1 is 1.11 bits per heavy atom. The molecule has 0 bridgehead atoms. The van der Waals surface area contributed by atoms with E-state index in [1.165, 1.54) is 19.0 Å². The van der Waals surface area contributed by atoms with Gasteiger partial charge in [-0.1, -0.05) is 18.2 Å². The van der Waals surface area contributed by atoms with Gasteiger partial charge in [-0.25, -0.2) is 9.97 Å². The van der Waals surface area contributed by atoms with E-state index in [0.29, 0.717) is 11.6 Å². The van der Waals surface area contributed by atoms with Gasteiger partial charge >= 0.3 is 0 Å². The third-order valence-corrected chi connectivity index (χ3v) is 3.00. The van der Waals surface area contributed by atoms with Gasteiger partial charge in [-0.05, 0) is 30.5 Å². The van der Waals surface area contributed by atoms with Crippen molar-refractivity contribution in [2.45, 2.75) is 20.0 Å². The maximum atomic E-state index is 10.3. The molecule has 0 aliphatic heterocycles. The molecule has 0 aliphatic rings. The second-order valence-corrected chi connectivity index (χ2v) is 4.23. The zero-order valence-corrected chi connectivity index (χ0v) is 10.7. The molecule has 0 fully saturated rings. The molecule has 2 aromatic rings. The second kappa shape index (κ2) is 5.14. The molecule has 0 aliphatic carbocycles. The molecule has 1 aromatic carbocycles. The zero-order valence-electron chi connectivity index (χ0n) is 10.7. The number of ether oxygens (including phenoxy) is 1. The topological polar surface area (TPSA) is 55.2 Å². The van der Waals surface area contributed by atoms with E-state index in [1.54, 1.807) is 6.07 Å². The van der Waals surface area contributed by atoms with Crippen molar-refractivity contribution >= 4 is 0 Å². The standard InChI is InChI=1S/C14H16N2O2/c1-9-4-5-11(6-10(9)2)14(17)12-7-13(18-3)16-8-15-12/h4-8,14,17H,1-3H3. The van der Waals surface area contributed by atoms with Gasteiger partial charge in [-0.15, -0.1) is 0 Å². The number of aliphatic hydroxyl groups is 1. The predicted octanol–water partition coefficient (Wildman–Crippen LogP) is 2.18. The SMILES string of the molecule is COc1cc(C(O)c2ccc(C)c(C)c2)ncn1. The number of hydrogen-bond donors (Lipinski definition) is 1. The molecule has 4 heteroatoms. The van der Waals surface area contributed by atoms with Gasteiger partial charge in [0.2, 0.25) is 5.88 Å². The van der Waals surface area contributed by atoms with E-state index in [2.05, 4.69) is 9.97 Å². The van der Waals surface area contributed by atoms with E-state index in [-0.39, 0.29) is 0 Å². The van der Waals surface area contributed by atoms with Crippen LogP contribution in [0.1, 0.15) is 28.5 Å². The average Bonchev–Trinajstić information content (AvgIpc) is 2.41. The van der Waals surface area contributed by atoms with E-state index < -0.39 is 6.10 Å². The monoisotopic (exact) mass is 244 g/mol. The number of benzene rings is 1. The van der Waals surface area contributed by atoms with Gasteiger partial charge in [0, 0.05) is 6.07 Å². The van der Waals surface area contributed by atoms with Crippen LogP contribution < -0.4 is 4.74 Å². The summed E-state index contributed by atoms with van der Waals surface area (Å²) in [5.41, 5.74) is 3.70. The molecular formula is C14H16N2O2. The number of rotatable bonds is 3. The molecule has 4 nitrogen and oxygen atoms in total. The molecule has 0 saturated carbocycles. The van der Waals surface area contributed by atoms with Crippen molar-refractivity contribution in [3.05, 3.63) is 53.0 Å². The molecule has 94 valence electrons. The van der Waals surface area contributed by atoms with Crippen LogP contribution in [0.2, 0.25) is 0 Å². The van der Waals surface area contributed by atoms with Crippen LogP contribution in [-0.4, -0.2) is 22.2 Å². The van der Waals surface area contributed by atoms with Crippen molar-refractivity contribution in [1.29, 1.82) is 0 Å². The van der Waals surface area contributed by atoms with Gasteiger partial charge in [-0.3, -0.25) is 0 Å². The minimum atomic E-state index is -0.763. The zero-order chi connectivity index (χ0) is 13.1. The van der Waals surface area contributed by atoms with Gasteiger partial charge < -0.3 is 9.84 Å². The molecule has 1 atom stereocenters. The molecule has 0 amide bonds. The molecular weight excluding hydrogens is 228 g/mol. The number of aliphatic hydroxyl groups excluding tert-OH is 1. The van der Waals surface area contributed by atoms with E-state index in [9.17, 15) is 5.11 Å². The quantitative estimate of drug-likeness (QED) is 0.899. The lowest BCUT2D eigenvalue weighted by Crippen LogP contribution is -2.04. The van der Waals surface area contributed by atoms with Crippen LogP contribution >= 0.6 is 0 Å². The largest absolute Gasteiger partial charge is 0.481 e. The van der Waals surface area contributed by atoms with E-state index in [0.717, 1.165) is 11.1 Å². The van der Waals surface area contributed by atoms with Crippen LogP contribution in [0, 0.1) is 13.8 Å². The van der Waals surface area contributed by atoms with Crippen LogP contribution in [0.15, 0.2) is 30.6 Å². The fourth-order valence-electron chi connectivity index (χ4n) is 1.72. The Labute approximate surface area is 106 Å². The summed E-state index contributed by atoms with van der Waals surface area (Å²) in [5.74, 6) is 0.447. The van der Waals surface area contributed by atoms with Crippen LogP contribution in [-0.2, 0) is 0 Å². The summed E-state index contributed by atoms with van der Waals surface area (Å²) < 4.78 is 5.02. The highest BCUT2D eigenvalue weighted by Crippen LogP contribution is 2.23. The third-order valence-electron chi connectivity index (χ3n) is 3.00. The van der Waals surface area contributed by atoms with Crippen LogP contribution in [0.25, 0.3) is 0 Å². The third kappa shape index (κ3) is 2.49. The average molecular weight is 244 g/mol. The van der Waals surface area contributed by atoms with Crippen molar-refractivity contribution in [2.75, 3.05) is 7.11 Å². The minimum Gasteiger partial charge on any atom is -0.481 e. The van der Waals surface area contributed by atoms with Gasteiger partial charge in [0.1, 0.15) is 12.4 Å². The fraction of sp³-hybridized carbons (Fsp3) is 0.286. The first kappa shape index (κ1) is 12.5. The molecule has 0 spiro atoms. The normalized spacial score (nSPS) is 12.2. The lowest BCUT2D eigenvalue weighted by atomic mass is 10.0. The van der Waals surface area contributed by atoms with Gasteiger partial charge in [0.05, 0.1) is 12.8 Å². The van der Waals surface area contributed by atoms with Crippen LogP contribution in [0.5, 0.6) is 5.88 Å². The Bertz CT molecular complexity index is 555. The summed E-state index contributed by atoms with van der Waals surface area (Å²) >= 11 is 0. The Kier molecular flexibility index (Phi) is 3.58.